The molecule has 1 aliphatic rings. The maximum atomic E-state index is 15.0. The summed E-state index contributed by atoms with van der Waals surface area (Å²) >= 11 is 0. The highest BCUT2D eigenvalue weighted by molar-refractivity contribution is 6.51. The van der Waals surface area contributed by atoms with Gasteiger partial charge in [0.25, 0.3) is 11.7 Å². The maximum absolute atomic E-state index is 15.0. The van der Waals surface area contributed by atoms with E-state index in [1.807, 2.05) is 50.2 Å². The van der Waals surface area contributed by atoms with Gasteiger partial charge in [0.1, 0.15) is 11.6 Å². The van der Waals surface area contributed by atoms with E-state index in [0.717, 1.165) is 21.9 Å². The number of aryl methyl sites for hydroxylation is 2. The minimum atomic E-state index is -1.10. The Kier molecular flexibility index (Phi) is 5.25. The molecule has 0 saturated carbocycles. The van der Waals surface area contributed by atoms with Crippen LogP contribution in [0.5, 0.6) is 0 Å². The van der Waals surface area contributed by atoms with Gasteiger partial charge in [-0.3, -0.25) is 14.5 Å². The Morgan fingerprint density at radius 2 is 1.53 bits per heavy atom. The molecule has 0 spiro atoms. The Labute approximate surface area is 196 Å². The molecule has 0 bridgehead atoms. The molecule has 0 radical (unpaired) electrons. The number of anilines is 1. The number of nitrogens with zero attached hydrogens (tertiary/aromatic N) is 1. The smallest absolute Gasteiger partial charge is 0.300 e. The highest BCUT2D eigenvalue weighted by atomic mass is 19.1. The second-order valence-electron chi connectivity index (χ2n) is 8.52. The van der Waals surface area contributed by atoms with Crippen molar-refractivity contribution in [3.05, 3.63) is 119 Å². The molecule has 34 heavy (non-hydrogen) atoms. The summed E-state index contributed by atoms with van der Waals surface area (Å²) < 4.78 is 15.0. The highest BCUT2D eigenvalue weighted by Gasteiger charge is 2.47. The Balaban J connectivity index is 1.75. The van der Waals surface area contributed by atoms with E-state index < -0.39 is 23.5 Å². The third-order valence-electron chi connectivity index (χ3n) is 6.44. The van der Waals surface area contributed by atoms with Crippen LogP contribution in [0.3, 0.4) is 0 Å². The highest BCUT2D eigenvalue weighted by Crippen LogP contribution is 2.43. The molecule has 168 valence electrons. The molecule has 5 rings (SSSR count). The van der Waals surface area contributed by atoms with Crippen LogP contribution in [0.25, 0.3) is 16.5 Å². The average Bonchev–Trinajstić information content (AvgIpc) is 3.10. The predicted molar refractivity (Wildman–Crippen MR) is 131 cm³/mol. The first-order chi connectivity index (χ1) is 16.4. The van der Waals surface area contributed by atoms with Crippen LogP contribution in [0.4, 0.5) is 10.1 Å². The number of benzene rings is 4. The lowest BCUT2D eigenvalue weighted by molar-refractivity contribution is -0.132. The molecule has 4 nitrogen and oxygen atoms in total. The fourth-order valence-electron chi connectivity index (χ4n) is 4.46. The molecular formula is C29H22FNO3. The van der Waals surface area contributed by atoms with Crippen LogP contribution in [-0.4, -0.2) is 16.8 Å². The SMILES string of the molecule is Cc1ccc(N2C(=O)C(=O)/C(=C(/O)c3ccc4ccccc4c3)C2c2ccccc2F)cc1C. The van der Waals surface area contributed by atoms with E-state index in [9.17, 15) is 14.7 Å². The van der Waals surface area contributed by atoms with Crippen LogP contribution in [0, 0.1) is 19.7 Å². The summed E-state index contributed by atoms with van der Waals surface area (Å²) in [5.74, 6) is -2.55. The van der Waals surface area contributed by atoms with Crippen molar-refractivity contribution in [1.82, 2.24) is 0 Å². The van der Waals surface area contributed by atoms with Crippen molar-refractivity contribution in [2.75, 3.05) is 4.90 Å². The van der Waals surface area contributed by atoms with Crippen LogP contribution < -0.4 is 4.90 Å². The molecule has 1 aliphatic heterocycles. The third kappa shape index (κ3) is 3.46. The van der Waals surface area contributed by atoms with Crippen LogP contribution in [0.15, 0.2) is 90.5 Å². The van der Waals surface area contributed by atoms with Crippen molar-refractivity contribution >= 4 is 33.9 Å². The lowest BCUT2D eigenvalue weighted by Gasteiger charge is -2.26. The zero-order valence-corrected chi connectivity index (χ0v) is 18.7. The number of carbonyl (C=O) groups excluding carboxylic acids is 2. The van der Waals surface area contributed by atoms with E-state index in [4.69, 9.17) is 0 Å². The Morgan fingerprint density at radius 1 is 0.824 bits per heavy atom. The quantitative estimate of drug-likeness (QED) is 0.228. The molecule has 1 atom stereocenters. The molecule has 1 fully saturated rings. The van der Waals surface area contributed by atoms with Gasteiger partial charge in [-0.05, 0) is 60.0 Å². The first-order valence-electron chi connectivity index (χ1n) is 11.0. The van der Waals surface area contributed by atoms with E-state index >= 15 is 4.39 Å². The largest absolute Gasteiger partial charge is 0.507 e. The normalized spacial score (nSPS) is 17.5. The van der Waals surface area contributed by atoms with E-state index in [1.54, 1.807) is 36.4 Å². The summed E-state index contributed by atoms with van der Waals surface area (Å²) in [6.45, 7) is 3.85. The van der Waals surface area contributed by atoms with E-state index in [2.05, 4.69) is 0 Å². The van der Waals surface area contributed by atoms with E-state index in [1.165, 1.54) is 17.0 Å². The lowest BCUT2D eigenvalue weighted by atomic mass is 9.94. The third-order valence-corrected chi connectivity index (χ3v) is 6.44. The summed E-state index contributed by atoms with van der Waals surface area (Å²) in [5, 5.41) is 13.2. The topological polar surface area (TPSA) is 57.6 Å². The van der Waals surface area contributed by atoms with Gasteiger partial charge in [0.15, 0.2) is 0 Å². The average molecular weight is 451 g/mol. The number of rotatable bonds is 3. The number of aliphatic hydroxyl groups is 1. The van der Waals surface area contributed by atoms with Gasteiger partial charge >= 0.3 is 0 Å². The first-order valence-corrected chi connectivity index (χ1v) is 11.0. The number of hydrogen-bond acceptors (Lipinski definition) is 3. The van der Waals surface area contributed by atoms with Gasteiger partial charge in [-0.25, -0.2) is 4.39 Å². The van der Waals surface area contributed by atoms with Crippen molar-refractivity contribution in [1.29, 1.82) is 0 Å². The zero-order chi connectivity index (χ0) is 24.0. The lowest BCUT2D eigenvalue weighted by Crippen LogP contribution is -2.30. The molecule has 1 unspecified atom stereocenters. The molecule has 0 aliphatic carbocycles. The molecular weight excluding hydrogens is 429 g/mol. The Hall–Kier alpha value is -4.25. The van der Waals surface area contributed by atoms with Crippen molar-refractivity contribution in [3.63, 3.8) is 0 Å². The van der Waals surface area contributed by atoms with Gasteiger partial charge < -0.3 is 5.11 Å². The monoisotopic (exact) mass is 451 g/mol. The van der Waals surface area contributed by atoms with Crippen molar-refractivity contribution < 1.29 is 19.1 Å². The van der Waals surface area contributed by atoms with Crippen LogP contribution in [-0.2, 0) is 9.59 Å². The molecule has 4 aromatic carbocycles. The summed E-state index contributed by atoms with van der Waals surface area (Å²) in [5.41, 5.74) is 2.82. The number of carbonyl (C=O) groups is 2. The number of Topliss-reactive ketones (excluding diaryl/α,β-unsaturated/α-hetero) is 1. The van der Waals surface area contributed by atoms with Gasteiger partial charge in [0.2, 0.25) is 0 Å². The van der Waals surface area contributed by atoms with Gasteiger partial charge in [0.05, 0.1) is 11.6 Å². The standard InChI is InChI=1S/C29H22FNO3/c1-17-11-14-22(15-18(17)2)31-26(23-9-5-6-10-24(23)30)25(28(33)29(31)34)27(32)21-13-12-19-7-3-4-8-20(19)16-21/h3-16,26,32H,1-2H3/b27-25+. The van der Waals surface area contributed by atoms with Crippen molar-refractivity contribution in [2.24, 2.45) is 0 Å². The van der Waals surface area contributed by atoms with Crippen molar-refractivity contribution in [3.8, 4) is 0 Å². The minimum Gasteiger partial charge on any atom is -0.507 e. The zero-order valence-electron chi connectivity index (χ0n) is 18.7. The van der Waals surface area contributed by atoms with Gasteiger partial charge in [-0.1, -0.05) is 60.7 Å². The second kappa shape index (κ2) is 8.27. The number of hydrogen-bond donors (Lipinski definition) is 1. The summed E-state index contributed by atoms with van der Waals surface area (Å²) in [6, 6.07) is 23.2. The van der Waals surface area contributed by atoms with Crippen LogP contribution in [0.2, 0.25) is 0 Å². The van der Waals surface area contributed by atoms with Gasteiger partial charge in [-0.2, -0.15) is 0 Å². The summed E-state index contributed by atoms with van der Waals surface area (Å²) in [6.07, 6.45) is 0. The molecule has 1 N–H and O–H groups in total. The molecule has 1 amide bonds. The first kappa shape index (κ1) is 21.6. The molecule has 0 aromatic heterocycles. The number of aliphatic hydroxyl groups excluding tert-OH is 1. The van der Waals surface area contributed by atoms with Crippen molar-refractivity contribution in [2.45, 2.75) is 19.9 Å². The fraction of sp³-hybridized carbons (Fsp3) is 0.103. The van der Waals surface area contributed by atoms with Crippen LogP contribution in [0.1, 0.15) is 28.3 Å². The minimum absolute atomic E-state index is 0.136. The van der Waals surface area contributed by atoms with Gasteiger partial charge in [-0.15, -0.1) is 0 Å². The number of ketones is 1. The summed E-state index contributed by atoms with van der Waals surface area (Å²) in [4.78, 5) is 27.8. The summed E-state index contributed by atoms with van der Waals surface area (Å²) in [7, 11) is 0. The number of amides is 1. The number of fused-ring (bicyclic) bond motifs is 1. The van der Waals surface area contributed by atoms with E-state index in [-0.39, 0.29) is 16.9 Å². The fourth-order valence-corrected chi connectivity index (χ4v) is 4.46. The Bertz CT molecular complexity index is 1500. The number of halogens is 1. The van der Waals surface area contributed by atoms with E-state index in [0.29, 0.717) is 11.3 Å². The maximum Gasteiger partial charge on any atom is 0.300 e. The molecule has 1 saturated heterocycles. The molecule has 5 heteroatoms. The molecule has 4 aromatic rings. The molecule has 1 heterocycles. The Morgan fingerprint density at radius 3 is 2.26 bits per heavy atom. The van der Waals surface area contributed by atoms with Crippen LogP contribution >= 0.6 is 0 Å². The van der Waals surface area contributed by atoms with Gasteiger partial charge in [0, 0.05) is 16.8 Å². The second-order valence-corrected chi connectivity index (χ2v) is 8.52. The predicted octanol–water partition coefficient (Wildman–Crippen LogP) is 6.22.